The van der Waals surface area contributed by atoms with E-state index in [0.717, 1.165) is 16.8 Å². The van der Waals surface area contributed by atoms with Crippen LogP contribution in [0.4, 0.5) is 10.1 Å². The Hall–Kier alpha value is -2.46. The highest BCUT2D eigenvalue weighted by Crippen LogP contribution is 2.47. The van der Waals surface area contributed by atoms with E-state index in [1.807, 2.05) is 12.1 Å². The number of fused-ring (bicyclic) bond motifs is 1. The van der Waals surface area contributed by atoms with Crippen LogP contribution in [0.15, 0.2) is 53.9 Å². The lowest BCUT2D eigenvalue weighted by Crippen LogP contribution is -2.22. The van der Waals surface area contributed by atoms with Gasteiger partial charge in [-0.05, 0) is 35.7 Å². The van der Waals surface area contributed by atoms with Crippen molar-refractivity contribution in [2.24, 2.45) is 0 Å². The molecule has 1 amide bonds. The Kier molecular flexibility index (Phi) is 3.69. The Morgan fingerprint density at radius 3 is 2.62 bits per heavy atom. The summed E-state index contributed by atoms with van der Waals surface area (Å²) in [6.45, 7) is 2.08. The van der Waals surface area contributed by atoms with Crippen LogP contribution in [0, 0.1) is 12.7 Å². The van der Waals surface area contributed by atoms with E-state index in [0.29, 0.717) is 6.42 Å². The lowest BCUT2D eigenvalue weighted by atomic mass is 9.87. The quantitative estimate of drug-likeness (QED) is 0.672. The maximum absolute atomic E-state index is 13.2. The van der Waals surface area contributed by atoms with E-state index < -0.39 is 0 Å². The van der Waals surface area contributed by atoms with Crippen molar-refractivity contribution in [1.82, 2.24) is 0 Å². The molecule has 1 aliphatic rings. The summed E-state index contributed by atoms with van der Waals surface area (Å²) in [4.78, 5) is 13.5. The van der Waals surface area contributed by atoms with Gasteiger partial charge >= 0.3 is 0 Å². The summed E-state index contributed by atoms with van der Waals surface area (Å²) in [5.41, 5.74) is 5.14. The second-order valence-electron chi connectivity index (χ2n) is 6.06. The molecule has 4 rings (SSSR count). The molecular formula is C20H16FNOS. The van der Waals surface area contributed by atoms with Crippen LogP contribution in [0.5, 0.6) is 0 Å². The van der Waals surface area contributed by atoms with Gasteiger partial charge < -0.3 is 5.32 Å². The minimum absolute atomic E-state index is 0.0255. The molecule has 0 saturated carbocycles. The highest BCUT2D eigenvalue weighted by molar-refractivity contribution is 7.11. The molecule has 0 radical (unpaired) electrons. The largest absolute Gasteiger partial charge is 0.325 e. The zero-order valence-electron chi connectivity index (χ0n) is 13.2. The van der Waals surface area contributed by atoms with Gasteiger partial charge in [-0.25, -0.2) is 4.39 Å². The molecule has 0 aliphatic carbocycles. The number of carbonyl (C=O) groups excluding carboxylic acids is 1. The number of rotatable bonds is 2. The third-order valence-corrected chi connectivity index (χ3v) is 5.61. The van der Waals surface area contributed by atoms with Crippen molar-refractivity contribution in [3.05, 3.63) is 75.7 Å². The van der Waals surface area contributed by atoms with Crippen LogP contribution in [0.1, 0.15) is 28.3 Å². The molecule has 0 unspecified atom stereocenters. The molecule has 2 aromatic carbocycles. The van der Waals surface area contributed by atoms with Crippen molar-refractivity contribution < 1.29 is 9.18 Å². The molecule has 0 bridgehead atoms. The first kappa shape index (κ1) is 15.1. The van der Waals surface area contributed by atoms with Gasteiger partial charge in [0, 0.05) is 28.2 Å². The first-order valence-electron chi connectivity index (χ1n) is 7.86. The average molecular weight is 337 g/mol. The van der Waals surface area contributed by atoms with Crippen LogP contribution in [-0.2, 0) is 4.79 Å². The Bertz CT molecular complexity index is 914. The van der Waals surface area contributed by atoms with Gasteiger partial charge in [0.2, 0.25) is 5.91 Å². The molecule has 1 aromatic heterocycles. The van der Waals surface area contributed by atoms with Crippen molar-refractivity contribution in [3.63, 3.8) is 0 Å². The number of thiophene rings is 1. The van der Waals surface area contributed by atoms with E-state index in [9.17, 15) is 9.18 Å². The second kappa shape index (κ2) is 5.87. The predicted molar refractivity (Wildman–Crippen MR) is 96.0 cm³/mol. The van der Waals surface area contributed by atoms with Gasteiger partial charge in [-0.2, -0.15) is 0 Å². The molecule has 3 aromatic rings. The summed E-state index contributed by atoms with van der Waals surface area (Å²) in [6.07, 6.45) is 0.460. The number of carbonyl (C=O) groups is 1. The molecule has 0 saturated heterocycles. The maximum Gasteiger partial charge on any atom is 0.225 e. The fourth-order valence-corrected chi connectivity index (χ4v) is 4.45. The standard InChI is InChI=1S/C20H16FNOS/c1-12-4-2-3-5-15(12)16-10-18(23)22-19-17(11-24-20(16)19)13-6-8-14(21)9-7-13/h2-9,11,16H,10H2,1H3,(H,22,23)/t16-/m0/s1. The Labute approximate surface area is 144 Å². The molecule has 24 heavy (non-hydrogen) atoms. The minimum Gasteiger partial charge on any atom is -0.325 e. The SMILES string of the molecule is Cc1ccccc1[C@@H]1CC(=O)Nc2c(-c3ccc(F)cc3)csc21. The number of benzene rings is 2. The van der Waals surface area contributed by atoms with E-state index in [2.05, 4.69) is 29.8 Å². The van der Waals surface area contributed by atoms with Crippen LogP contribution in [0.3, 0.4) is 0 Å². The van der Waals surface area contributed by atoms with Gasteiger partial charge in [-0.3, -0.25) is 4.79 Å². The number of halogens is 1. The van der Waals surface area contributed by atoms with Crippen LogP contribution in [-0.4, -0.2) is 5.91 Å². The molecule has 2 heterocycles. The summed E-state index contributed by atoms with van der Waals surface area (Å²) in [6, 6.07) is 14.6. The fourth-order valence-electron chi connectivity index (χ4n) is 3.30. The van der Waals surface area contributed by atoms with Crippen LogP contribution < -0.4 is 5.32 Å². The summed E-state index contributed by atoms with van der Waals surface area (Å²) in [5.74, 6) is -0.156. The van der Waals surface area contributed by atoms with Gasteiger partial charge in [0.05, 0.1) is 5.69 Å². The minimum atomic E-state index is -0.260. The highest BCUT2D eigenvalue weighted by atomic mass is 32.1. The molecule has 0 fully saturated rings. The third-order valence-electron chi connectivity index (χ3n) is 4.51. The zero-order chi connectivity index (χ0) is 16.7. The number of anilines is 1. The van der Waals surface area contributed by atoms with E-state index in [1.54, 1.807) is 23.5 Å². The molecule has 120 valence electrons. The second-order valence-corrected chi connectivity index (χ2v) is 6.97. The lowest BCUT2D eigenvalue weighted by Gasteiger charge is -2.25. The molecule has 2 nitrogen and oxygen atoms in total. The smallest absolute Gasteiger partial charge is 0.225 e. The maximum atomic E-state index is 13.2. The summed E-state index contributed by atoms with van der Waals surface area (Å²) in [5, 5.41) is 5.07. The average Bonchev–Trinajstić information content (AvgIpc) is 2.99. The van der Waals surface area contributed by atoms with E-state index in [1.165, 1.54) is 28.1 Å². The van der Waals surface area contributed by atoms with Crippen molar-refractivity contribution in [1.29, 1.82) is 0 Å². The van der Waals surface area contributed by atoms with Gasteiger partial charge in [0.1, 0.15) is 5.82 Å². The molecular weight excluding hydrogens is 321 g/mol. The monoisotopic (exact) mass is 337 g/mol. The van der Waals surface area contributed by atoms with Gasteiger partial charge in [0.25, 0.3) is 0 Å². The number of hydrogen-bond acceptors (Lipinski definition) is 2. The first-order chi connectivity index (χ1) is 11.6. The van der Waals surface area contributed by atoms with Crippen LogP contribution in [0.25, 0.3) is 11.1 Å². The number of hydrogen-bond donors (Lipinski definition) is 1. The van der Waals surface area contributed by atoms with E-state index >= 15 is 0 Å². The first-order valence-corrected chi connectivity index (χ1v) is 8.74. The lowest BCUT2D eigenvalue weighted by molar-refractivity contribution is -0.116. The Morgan fingerprint density at radius 2 is 1.88 bits per heavy atom. The predicted octanol–water partition coefficient (Wildman–Crippen LogP) is 5.34. The Balaban J connectivity index is 1.83. The number of amides is 1. The van der Waals surface area contributed by atoms with Crippen LogP contribution in [0.2, 0.25) is 0 Å². The fraction of sp³-hybridized carbons (Fsp3) is 0.150. The number of aryl methyl sites for hydroxylation is 1. The van der Waals surface area contributed by atoms with E-state index in [4.69, 9.17) is 0 Å². The third kappa shape index (κ3) is 2.53. The van der Waals surface area contributed by atoms with Crippen LogP contribution >= 0.6 is 11.3 Å². The molecule has 0 spiro atoms. The topological polar surface area (TPSA) is 29.1 Å². The number of nitrogens with one attached hydrogen (secondary N) is 1. The van der Waals surface area contributed by atoms with Gasteiger partial charge in [0.15, 0.2) is 0 Å². The molecule has 1 aliphatic heterocycles. The zero-order valence-corrected chi connectivity index (χ0v) is 14.0. The summed E-state index contributed by atoms with van der Waals surface area (Å²) >= 11 is 1.66. The normalized spacial score (nSPS) is 16.6. The molecule has 4 heteroatoms. The van der Waals surface area contributed by atoms with E-state index in [-0.39, 0.29) is 17.6 Å². The molecule has 1 atom stereocenters. The Morgan fingerprint density at radius 1 is 1.12 bits per heavy atom. The van der Waals surface area contributed by atoms with Crippen molar-refractivity contribution in [3.8, 4) is 11.1 Å². The van der Waals surface area contributed by atoms with Gasteiger partial charge in [-0.15, -0.1) is 11.3 Å². The molecule has 1 N–H and O–H groups in total. The summed E-state index contributed by atoms with van der Waals surface area (Å²) < 4.78 is 13.2. The highest BCUT2D eigenvalue weighted by Gasteiger charge is 2.31. The summed E-state index contributed by atoms with van der Waals surface area (Å²) in [7, 11) is 0. The van der Waals surface area contributed by atoms with Gasteiger partial charge in [-0.1, -0.05) is 36.4 Å². The van der Waals surface area contributed by atoms with Crippen molar-refractivity contribution in [2.75, 3.05) is 5.32 Å². The van der Waals surface area contributed by atoms with Crippen molar-refractivity contribution >= 4 is 22.9 Å². The van der Waals surface area contributed by atoms with Crippen molar-refractivity contribution in [2.45, 2.75) is 19.3 Å².